The van der Waals surface area contributed by atoms with Crippen molar-refractivity contribution in [1.82, 2.24) is 0 Å². The Morgan fingerprint density at radius 3 is 2.55 bits per heavy atom. The Labute approximate surface area is 118 Å². The molecule has 0 heterocycles. The van der Waals surface area contributed by atoms with E-state index < -0.39 is 15.8 Å². The van der Waals surface area contributed by atoms with Crippen LogP contribution < -0.4 is 4.74 Å². The normalized spacial score (nSPS) is 16.2. The predicted octanol–water partition coefficient (Wildman–Crippen LogP) is 2.12. The molecule has 1 aromatic rings. The van der Waals surface area contributed by atoms with Gasteiger partial charge in [0.15, 0.2) is 9.84 Å². The summed E-state index contributed by atoms with van der Waals surface area (Å²) in [6, 6.07) is 6.23. The van der Waals surface area contributed by atoms with Gasteiger partial charge in [-0.15, -0.1) is 0 Å². The minimum Gasteiger partial charge on any atom is -0.492 e. The van der Waals surface area contributed by atoms with Gasteiger partial charge in [0.05, 0.1) is 11.0 Å². The van der Waals surface area contributed by atoms with Gasteiger partial charge in [-0.25, -0.2) is 13.2 Å². The van der Waals surface area contributed by atoms with Gasteiger partial charge in [-0.3, -0.25) is 0 Å². The number of sulfone groups is 1. The molecule has 0 spiro atoms. The average Bonchev–Trinajstić information content (AvgIpc) is 2.93. The lowest BCUT2D eigenvalue weighted by Gasteiger charge is -2.12. The molecule has 0 amide bonds. The van der Waals surface area contributed by atoms with E-state index in [0.29, 0.717) is 0 Å². The molecule has 0 radical (unpaired) electrons. The maximum absolute atomic E-state index is 12.0. The number of ether oxygens (including phenoxy) is 1. The Balaban J connectivity index is 1.94. The van der Waals surface area contributed by atoms with E-state index in [1.54, 1.807) is 12.1 Å². The van der Waals surface area contributed by atoms with Crippen LogP contribution in [-0.2, 0) is 9.84 Å². The molecule has 0 bridgehead atoms. The van der Waals surface area contributed by atoms with Crippen LogP contribution in [0.3, 0.4) is 0 Å². The number of carboxylic acid groups (broad SMARTS) is 1. The summed E-state index contributed by atoms with van der Waals surface area (Å²) in [5, 5.41) is 8.75. The highest BCUT2D eigenvalue weighted by Crippen LogP contribution is 2.25. The molecular formula is C14H18O5S. The molecule has 1 fully saturated rings. The molecule has 20 heavy (non-hydrogen) atoms. The van der Waals surface area contributed by atoms with Crippen molar-refractivity contribution in [2.45, 2.75) is 30.9 Å². The molecular weight excluding hydrogens is 280 g/mol. The summed E-state index contributed by atoms with van der Waals surface area (Å²) in [6.07, 6.45) is 3.39. The Hall–Kier alpha value is -1.56. The zero-order valence-corrected chi connectivity index (χ0v) is 11.9. The standard InChI is InChI=1S/C14H18O5S/c15-14(16)12-7-3-4-8-13(12)19-9-10-20(17,18)11-5-1-2-6-11/h3-4,7-8,11H,1-2,5-6,9-10H2,(H,15,16). The molecule has 0 aliphatic heterocycles. The first-order valence-corrected chi connectivity index (χ1v) is 8.39. The fourth-order valence-electron chi connectivity index (χ4n) is 2.45. The van der Waals surface area contributed by atoms with Crippen LogP contribution >= 0.6 is 0 Å². The first-order valence-electron chi connectivity index (χ1n) is 6.67. The molecule has 2 rings (SSSR count). The van der Waals surface area contributed by atoms with Crippen molar-refractivity contribution in [3.05, 3.63) is 29.8 Å². The van der Waals surface area contributed by atoms with Crippen molar-refractivity contribution < 1.29 is 23.1 Å². The average molecular weight is 298 g/mol. The van der Waals surface area contributed by atoms with E-state index in [2.05, 4.69) is 0 Å². The van der Waals surface area contributed by atoms with Gasteiger partial charge < -0.3 is 9.84 Å². The molecule has 110 valence electrons. The molecule has 1 aliphatic rings. The number of para-hydroxylation sites is 1. The topological polar surface area (TPSA) is 80.7 Å². The van der Waals surface area contributed by atoms with Gasteiger partial charge in [0.1, 0.15) is 17.9 Å². The highest BCUT2D eigenvalue weighted by atomic mass is 32.2. The van der Waals surface area contributed by atoms with Crippen molar-refractivity contribution in [2.24, 2.45) is 0 Å². The van der Waals surface area contributed by atoms with Crippen molar-refractivity contribution >= 4 is 15.8 Å². The van der Waals surface area contributed by atoms with E-state index in [0.717, 1.165) is 25.7 Å². The van der Waals surface area contributed by atoms with Crippen LogP contribution in [0.2, 0.25) is 0 Å². The zero-order chi connectivity index (χ0) is 14.6. The van der Waals surface area contributed by atoms with Crippen molar-refractivity contribution in [1.29, 1.82) is 0 Å². The third-order valence-electron chi connectivity index (χ3n) is 3.55. The van der Waals surface area contributed by atoms with Crippen LogP contribution in [0.15, 0.2) is 24.3 Å². The quantitative estimate of drug-likeness (QED) is 0.870. The highest BCUT2D eigenvalue weighted by molar-refractivity contribution is 7.92. The molecule has 1 aromatic carbocycles. The Morgan fingerprint density at radius 1 is 1.25 bits per heavy atom. The predicted molar refractivity (Wildman–Crippen MR) is 74.9 cm³/mol. The molecule has 1 aliphatic carbocycles. The van der Waals surface area contributed by atoms with E-state index in [9.17, 15) is 13.2 Å². The van der Waals surface area contributed by atoms with Crippen LogP contribution in [0, 0.1) is 0 Å². The summed E-state index contributed by atoms with van der Waals surface area (Å²) in [5.41, 5.74) is 0.0470. The summed E-state index contributed by atoms with van der Waals surface area (Å²) >= 11 is 0. The summed E-state index contributed by atoms with van der Waals surface area (Å²) in [7, 11) is -3.14. The molecule has 1 saturated carbocycles. The van der Waals surface area contributed by atoms with Gasteiger partial charge in [0, 0.05) is 0 Å². The van der Waals surface area contributed by atoms with Crippen LogP contribution in [0.25, 0.3) is 0 Å². The fourth-order valence-corrected chi connectivity index (χ4v) is 4.15. The van der Waals surface area contributed by atoms with E-state index in [1.165, 1.54) is 12.1 Å². The van der Waals surface area contributed by atoms with Gasteiger partial charge in [-0.05, 0) is 25.0 Å². The highest BCUT2D eigenvalue weighted by Gasteiger charge is 2.28. The molecule has 0 unspecified atom stereocenters. The third kappa shape index (κ3) is 3.50. The molecule has 6 heteroatoms. The van der Waals surface area contributed by atoms with Crippen LogP contribution in [0.1, 0.15) is 36.0 Å². The molecule has 5 nitrogen and oxygen atoms in total. The SMILES string of the molecule is O=C(O)c1ccccc1OCCS(=O)(=O)C1CCCC1. The van der Waals surface area contributed by atoms with Gasteiger partial charge in [0.25, 0.3) is 0 Å². The maximum Gasteiger partial charge on any atom is 0.339 e. The second kappa shape index (κ2) is 6.26. The van der Waals surface area contributed by atoms with E-state index in [4.69, 9.17) is 9.84 Å². The van der Waals surface area contributed by atoms with Gasteiger partial charge in [-0.1, -0.05) is 25.0 Å². The van der Waals surface area contributed by atoms with E-state index in [-0.39, 0.29) is 28.9 Å². The summed E-state index contributed by atoms with van der Waals surface area (Å²) < 4.78 is 29.4. The minimum atomic E-state index is -3.14. The smallest absolute Gasteiger partial charge is 0.339 e. The van der Waals surface area contributed by atoms with Crippen LogP contribution in [0.5, 0.6) is 5.75 Å². The van der Waals surface area contributed by atoms with E-state index in [1.807, 2.05) is 0 Å². The lowest BCUT2D eigenvalue weighted by molar-refractivity contribution is 0.0692. The molecule has 0 aromatic heterocycles. The van der Waals surface area contributed by atoms with Crippen molar-refractivity contribution in [3.8, 4) is 5.75 Å². The Kier molecular flexibility index (Phi) is 4.65. The maximum atomic E-state index is 12.0. The second-order valence-electron chi connectivity index (χ2n) is 4.92. The van der Waals surface area contributed by atoms with E-state index >= 15 is 0 Å². The lowest BCUT2D eigenvalue weighted by Crippen LogP contribution is -2.24. The Morgan fingerprint density at radius 2 is 1.90 bits per heavy atom. The van der Waals surface area contributed by atoms with Gasteiger partial charge in [-0.2, -0.15) is 0 Å². The Bertz CT molecular complexity index is 573. The molecule has 1 N–H and O–H groups in total. The summed E-state index contributed by atoms with van der Waals surface area (Å²) in [5.74, 6) is -0.938. The largest absolute Gasteiger partial charge is 0.492 e. The minimum absolute atomic E-state index is 0.0108. The lowest BCUT2D eigenvalue weighted by atomic mass is 10.2. The fraction of sp³-hybridized carbons (Fsp3) is 0.500. The van der Waals surface area contributed by atoms with Gasteiger partial charge in [0.2, 0.25) is 0 Å². The number of benzene rings is 1. The molecule has 0 atom stereocenters. The first kappa shape index (κ1) is 14.8. The number of hydrogen-bond acceptors (Lipinski definition) is 4. The summed E-state index contributed by atoms with van der Waals surface area (Å²) in [4.78, 5) is 11.0. The first-order chi connectivity index (χ1) is 9.50. The van der Waals surface area contributed by atoms with Gasteiger partial charge >= 0.3 is 5.97 Å². The van der Waals surface area contributed by atoms with Crippen LogP contribution in [-0.4, -0.2) is 37.1 Å². The monoisotopic (exact) mass is 298 g/mol. The molecule has 0 saturated heterocycles. The number of aromatic carboxylic acids is 1. The number of rotatable bonds is 6. The number of hydrogen-bond donors (Lipinski definition) is 1. The number of carbonyl (C=O) groups is 1. The summed E-state index contributed by atoms with van der Waals surface area (Å²) in [6.45, 7) is -0.0108. The number of carboxylic acids is 1. The van der Waals surface area contributed by atoms with Crippen molar-refractivity contribution in [2.75, 3.05) is 12.4 Å². The second-order valence-corrected chi connectivity index (χ2v) is 7.32. The van der Waals surface area contributed by atoms with Crippen molar-refractivity contribution in [3.63, 3.8) is 0 Å². The van der Waals surface area contributed by atoms with Crippen LogP contribution in [0.4, 0.5) is 0 Å². The third-order valence-corrected chi connectivity index (χ3v) is 5.78. The zero-order valence-electron chi connectivity index (χ0n) is 11.1.